The number of carbonyl (C=O) groups excluding carboxylic acids is 1. The first kappa shape index (κ1) is 18.0. The molecule has 2 aromatic carbocycles. The number of hydrogen-bond acceptors (Lipinski definition) is 5. The van der Waals surface area contributed by atoms with Gasteiger partial charge in [-0.1, -0.05) is 54.6 Å². The molecular formula is C21H17ClN4O2. The number of anilines is 1. The topological polar surface area (TPSA) is 83.0 Å². The van der Waals surface area contributed by atoms with Crippen molar-refractivity contribution >= 4 is 45.6 Å². The van der Waals surface area contributed by atoms with Crippen molar-refractivity contribution in [2.75, 3.05) is 12.3 Å². The van der Waals surface area contributed by atoms with Gasteiger partial charge in [-0.15, -0.1) is 0 Å². The highest BCUT2D eigenvalue weighted by Gasteiger charge is 2.25. The summed E-state index contributed by atoms with van der Waals surface area (Å²) < 4.78 is 6.96. The maximum Gasteiger partial charge on any atom is 0.344 e. The number of benzene rings is 2. The van der Waals surface area contributed by atoms with Crippen LogP contribution in [0.15, 0.2) is 61.2 Å². The van der Waals surface area contributed by atoms with E-state index in [9.17, 15) is 4.79 Å². The van der Waals surface area contributed by atoms with Gasteiger partial charge >= 0.3 is 5.97 Å². The Bertz CT molecular complexity index is 1220. The number of halogens is 1. The molecule has 0 radical (unpaired) electrons. The number of ether oxygens (including phenoxy) is 1. The first-order valence-corrected chi connectivity index (χ1v) is 9.04. The summed E-state index contributed by atoms with van der Waals surface area (Å²) in [6.07, 6.45) is 1.50. The van der Waals surface area contributed by atoms with Crippen LogP contribution in [0.5, 0.6) is 0 Å². The van der Waals surface area contributed by atoms with Crippen LogP contribution in [0.3, 0.4) is 0 Å². The zero-order valence-corrected chi connectivity index (χ0v) is 15.7. The summed E-state index contributed by atoms with van der Waals surface area (Å²) in [5.74, 6) is -0.329. The van der Waals surface area contributed by atoms with Crippen molar-refractivity contribution in [1.29, 1.82) is 0 Å². The molecule has 0 saturated heterocycles. The van der Waals surface area contributed by atoms with E-state index in [2.05, 4.69) is 11.6 Å². The Labute approximate surface area is 166 Å². The third kappa shape index (κ3) is 3.08. The largest absolute Gasteiger partial charge is 0.458 e. The Kier molecular flexibility index (Phi) is 4.71. The minimum Gasteiger partial charge on any atom is -0.458 e. The van der Waals surface area contributed by atoms with Crippen molar-refractivity contribution in [3.05, 3.63) is 77.3 Å². The summed E-state index contributed by atoms with van der Waals surface area (Å²) >= 11 is 6.32. The maximum atomic E-state index is 12.6. The van der Waals surface area contributed by atoms with Crippen molar-refractivity contribution in [3.63, 3.8) is 0 Å². The van der Waals surface area contributed by atoms with E-state index in [0.29, 0.717) is 33.8 Å². The first-order valence-electron chi connectivity index (χ1n) is 8.66. The molecule has 0 aliphatic carbocycles. The second-order valence-corrected chi connectivity index (χ2v) is 6.62. The molecule has 2 N–H and O–H groups in total. The SMILES string of the molecule is C=CCOC(=O)c1c(N)n(Cc2ccccc2Cl)c2nc3ccccc3nc12. The van der Waals surface area contributed by atoms with Crippen LogP contribution in [0.25, 0.3) is 22.2 Å². The highest BCUT2D eigenvalue weighted by molar-refractivity contribution is 6.31. The lowest BCUT2D eigenvalue weighted by Crippen LogP contribution is -2.10. The van der Waals surface area contributed by atoms with Crippen molar-refractivity contribution < 1.29 is 9.53 Å². The van der Waals surface area contributed by atoms with Crippen LogP contribution in [-0.4, -0.2) is 27.1 Å². The molecule has 2 heterocycles. The molecule has 140 valence electrons. The molecule has 0 amide bonds. The van der Waals surface area contributed by atoms with Gasteiger partial charge in [-0.05, 0) is 23.8 Å². The van der Waals surface area contributed by atoms with Crippen molar-refractivity contribution in [2.45, 2.75) is 6.54 Å². The number of aromatic nitrogens is 3. The van der Waals surface area contributed by atoms with Gasteiger partial charge in [0, 0.05) is 5.02 Å². The molecule has 0 unspecified atom stereocenters. The van der Waals surface area contributed by atoms with Gasteiger partial charge in [-0.2, -0.15) is 0 Å². The van der Waals surface area contributed by atoms with Crippen molar-refractivity contribution in [2.24, 2.45) is 0 Å². The van der Waals surface area contributed by atoms with Gasteiger partial charge in [0.15, 0.2) is 5.65 Å². The molecule has 7 heteroatoms. The second kappa shape index (κ2) is 7.32. The Morgan fingerprint density at radius 2 is 1.82 bits per heavy atom. The van der Waals surface area contributed by atoms with Crippen LogP contribution in [0.2, 0.25) is 5.02 Å². The Morgan fingerprint density at radius 3 is 2.54 bits per heavy atom. The third-order valence-electron chi connectivity index (χ3n) is 4.41. The number of hydrogen-bond donors (Lipinski definition) is 1. The number of carbonyl (C=O) groups is 1. The molecule has 6 nitrogen and oxygen atoms in total. The lowest BCUT2D eigenvalue weighted by atomic mass is 10.2. The Balaban J connectivity index is 1.96. The minimum atomic E-state index is -0.565. The summed E-state index contributed by atoms with van der Waals surface area (Å²) in [6.45, 7) is 4.00. The van der Waals surface area contributed by atoms with Gasteiger partial charge in [0.1, 0.15) is 23.5 Å². The quantitative estimate of drug-likeness (QED) is 0.406. The highest BCUT2D eigenvalue weighted by Crippen LogP contribution is 2.30. The van der Waals surface area contributed by atoms with Crippen LogP contribution >= 0.6 is 11.6 Å². The van der Waals surface area contributed by atoms with Gasteiger partial charge in [-0.25, -0.2) is 14.8 Å². The molecule has 0 saturated carbocycles. The molecule has 4 aromatic rings. The summed E-state index contributed by atoms with van der Waals surface area (Å²) in [6, 6.07) is 14.9. The van der Waals surface area contributed by atoms with Gasteiger partial charge in [0.25, 0.3) is 0 Å². The fraction of sp³-hybridized carbons (Fsp3) is 0.0952. The standard InChI is InChI=1S/C21H17ClN4O2/c1-2-11-28-21(27)17-18-20(25-16-10-6-5-9-15(16)24-18)26(19(17)23)12-13-7-3-4-8-14(13)22/h2-10H,1,11-12,23H2. The fourth-order valence-corrected chi connectivity index (χ4v) is 3.28. The van der Waals surface area contributed by atoms with Crippen molar-refractivity contribution in [3.8, 4) is 0 Å². The van der Waals surface area contributed by atoms with Gasteiger partial charge in [0.2, 0.25) is 0 Å². The predicted octanol–water partition coefficient (Wildman–Crippen LogP) is 4.21. The van der Waals surface area contributed by atoms with Crippen LogP contribution in [0, 0.1) is 0 Å². The summed E-state index contributed by atoms with van der Waals surface area (Å²) in [4.78, 5) is 22.0. The summed E-state index contributed by atoms with van der Waals surface area (Å²) in [5, 5.41) is 0.605. The van der Waals surface area contributed by atoms with Crippen LogP contribution in [0.4, 0.5) is 5.82 Å². The Morgan fingerprint density at radius 1 is 1.14 bits per heavy atom. The van der Waals surface area contributed by atoms with Crippen LogP contribution in [-0.2, 0) is 11.3 Å². The first-order chi connectivity index (χ1) is 13.6. The monoisotopic (exact) mass is 392 g/mol. The molecule has 0 fully saturated rings. The third-order valence-corrected chi connectivity index (χ3v) is 4.78. The number of nitrogens with two attached hydrogens (primary N) is 1. The molecule has 0 bridgehead atoms. The number of rotatable bonds is 5. The molecule has 4 rings (SSSR count). The van der Waals surface area contributed by atoms with Gasteiger partial charge in [-0.3, -0.25) is 0 Å². The van der Waals surface area contributed by atoms with Crippen molar-refractivity contribution in [1.82, 2.24) is 14.5 Å². The number of esters is 1. The molecule has 0 spiro atoms. The lowest BCUT2D eigenvalue weighted by Gasteiger charge is -2.09. The number of fused-ring (bicyclic) bond motifs is 2. The normalized spacial score (nSPS) is 11.0. The highest BCUT2D eigenvalue weighted by atomic mass is 35.5. The van der Waals surface area contributed by atoms with E-state index in [1.165, 1.54) is 6.08 Å². The zero-order valence-electron chi connectivity index (χ0n) is 14.9. The number of nitrogens with zero attached hydrogens (tertiary/aromatic N) is 3. The summed E-state index contributed by atoms with van der Waals surface area (Å²) in [7, 11) is 0. The lowest BCUT2D eigenvalue weighted by molar-refractivity contribution is 0.0553. The second-order valence-electron chi connectivity index (χ2n) is 6.21. The number of para-hydroxylation sites is 2. The van der Waals surface area contributed by atoms with Gasteiger partial charge < -0.3 is 15.0 Å². The predicted molar refractivity (Wildman–Crippen MR) is 110 cm³/mol. The molecule has 0 aliphatic rings. The van der Waals surface area contributed by atoms with E-state index in [-0.39, 0.29) is 18.0 Å². The van der Waals surface area contributed by atoms with Gasteiger partial charge in [0.05, 0.1) is 17.6 Å². The van der Waals surface area contributed by atoms with E-state index in [0.717, 1.165) is 5.56 Å². The molecule has 0 aliphatic heterocycles. The van der Waals surface area contributed by atoms with E-state index in [1.54, 1.807) is 10.6 Å². The van der Waals surface area contributed by atoms with Crippen LogP contribution < -0.4 is 5.73 Å². The molecule has 0 atom stereocenters. The molecule has 2 aromatic heterocycles. The molecular weight excluding hydrogens is 376 g/mol. The van der Waals surface area contributed by atoms with E-state index < -0.39 is 5.97 Å². The number of nitrogen functional groups attached to an aromatic ring is 1. The maximum absolute atomic E-state index is 12.6. The average molecular weight is 393 g/mol. The van der Waals surface area contributed by atoms with E-state index >= 15 is 0 Å². The Hall–Kier alpha value is -3.38. The zero-order chi connectivity index (χ0) is 19.7. The molecule has 28 heavy (non-hydrogen) atoms. The fourth-order valence-electron chi connectivity index (χ4n) is 3.08. The smallest absolute Gasteiger partial charge is 0.344 e. The van der Waals surface area contributed by atoms with Crippen LogP contribution in [0.1, 0.15) is 15.9 Å². The minimum absolute atomic E-state index is 0.0798. The average Bonchev–Trinajstić information content (AvgIpc) is 2.97. The van der Waals surface area contributed by atoms with E-state index in [1.807, 2.05) is 42.5 Å². The summed E-state index contributed by atoms with van der Waals surface area (Å²) in [5.41, 5.74) is 9.69. The van der Waals surface area contributed by atoms with E-state index in [4.69, 9.17) is 27.1 Å².